The fourth-order valence-electron chi connectivity index (χ4n) is 4.89. The van der Waals surface area contributed by atoms with Crippen LogP contribution in [0.25, 0.3) is 0 Å². The smallest absolute Gasteiger partial charge is 0.270 e. The maximum absolute atomic E-state index is 12.7. The van der Waals surface area contributed by atoms with E-state index in [1.807, 2.05) is 17.5 Å². The van der Waals surface area contributed by atoms with Gasteiger partial charge in [-0.3, -0.25) is 9.69 Å². The first-order chi connectivity index (χ1) is 20.0. The number of hydrogen-bond acceptors (Lipinski definition) is 6. The van der Waals surface area contributed by atoms with E-state index in [-0.39, 0.29) is 11.8 Å². The van der Waals surface area contributed by atoms with Crippen molar-refractivity contribution in [2.24, 2.45) is 5.92 Å². The average Bonchev–Trinajstić information content (AvgIpc) is 3.47. The summed E-state index contributed by atoms with van der Waals surface area (Å²) in [5, 5.41) is 5.79. The predicted octanol–water partition coefficient (Wildman–Crippen LogP) is 7.16. The van der Waals surface area contributed by atoms with Crippen LogP contribution in [0.1, 0.15) is 64.8 Å². The van der Waals surface area contributed by atoms with Crippen molar-refractivity contribution < 1.29 is 14.3 Å². The summed E-state index contributed by atoms with van der Waals surface area (Å²) in [6.07, 6.45) is 1.88. The highest BCUT2D eigenvalue weighted by Crippen LogP contribution is 2.30. The number of nitrogens with zero attached hydrogens (tertiary/aromatic N) is 2. The fraction of sp³-hybridized carbons (Fsp3) is 0.353. The molecule has 0 saturated heterocycles. The summed E-state index contributed by atoms with van der Waals surface area (Å²) in [4.78, 5) is 19.8. The van der Waals surface area contributed by atoms with Crippen LogP contribution in [0.15, 0.2) is 84.2 Å². The van der Waals surface area contributed by atoms with E-state index in [1.54, 1.807) is 14.2 Å². The van der Waals surface area contributed by atoms with Gasteiger partial charge in [-0.1, -0.05) is 80.6 Å². The third-order valence-electron chi connectivity index (χ3n) is 7.18. The summed E-state index contributed by atoms with van der Waals surface area (Å²) < 4.78 is 11.1. The topological polar surface area (TPSA) is 63.7 Å². The zero-order valence-corrected chi connectivity index (χ0v) is 25.3. The monoisotopic (exact) mass is 571 g/mol. The summed E-state index contributed by atoms with van der Waals surface area (Å²) in [5.41, 5.74) is 4.17. The Labute approximate surface area is 248 Å². The SMILES string of the molecule is COc1ccc(CN(CCC(c2ccccc2)c2ccccc2)Cc2nc(C(=O)NCCC(C)C)cs2)c(OC)c1. The lowest BCUT2D eigenvalue weighted by Gasteiger charge is -2.26. The lowest BCUT2D eigenvalue weighted by molar-refractivity contribution is 0.0947. The molecular weight excluding hydrogens is 530 g/mol. The highest BCUT2D eigenvalue weighted by Gasteiger charge is 2.19. The molecule has 0 aliphatic rings. The summed E-state index contributed by atoms with van der Waals surface area (Å²) >= 11 is 1.53. The average molecular weight is 572 g/mol. The van der Waals surface area contributed by atoms with E-state index < -0.39 is 0 Å². The van der Waals surface area contributed by atoms with Gasteiger partial charge in [0.1, 0.15) is 22.2 Å². The van der Waals surface area contributed by atoms with Gasteiger partial charge in [-0.15, -0.1) is 11.3 Å². The van der Waals surface area contributed by atoms with Crippen LogP contribution in [0.3, 0.4) is 0 Å². The number of methoxy groups -OCH3 is 2. The maximum Gasteiger partial charge on any atom is 0.270 e. The van der Waals surface area contributed by atoms with Gasteiger partial charge in [0.25, 0.3) is 5.91 Å². The van der Waals surface area contributed by atoms with E-state index >= 15 is 0 Å². The van der Waals surface area contributed by atoms with E-state index in [4.69, 9.17) is 14.5 Å². The Kier molecular flexibility index (Phi) is 11.3. The van der Waals surface area contributed by atoms with Gasteiger partial charge in [0.05, 0.1) is 20.8 Å². The quantitative estimate of drug-likeness (QED) is 0.164. The lowest BCUT2D eigenvalue weighted by Crippen LogP contribution is -2.27. The molecule has 7 heteroatoms. The van der Waals surface area contributed by atoms with E-state index in [1.165, 1.54) is 22.5 Å². The highest BCUT2D eigenvalue weighted by atomic mass is 32.1. The van der Waals surface area contributed by atoms with Crippen molar-refractivity contribution in [2.75, 3.05) is 27.3 Å². The number of aromatic nitrogens is 1. The Bertz CT molecular complexity index is 1320. The molecule has 4 rings (SSSR count). The Morgan fingerprint density at radius 3 is 2.20 bits per heavy atom. The third-order valence-corrected chi connectivity index (χ3v) is 8.01. The third kappa shape index (κ3) is 8.90. The molecule has 0 spiro atoms. The molecule has 1 heterocycles. The summed E-state index contributed by atoms with van der Waals surface area (Å²) in [6, 6.07) is 27.3. The molecule has 1 N–H and O–H groups in total. The molecule has 0 bridgehead atoms. The molecule has 216 valence electrons. The molecule has 0 aliphatic carbocycles. The Morgan fingerprint density at radius 1 is 0.902 bits per heavy atom. The normalized spacial score (nSPS) is 11.3. The van der Waals surface area contributed by atoms with E-state index in [0.29, 0.717) is 31.2 Å². The minimum Gasteiger partial charge on any atom is -0.497 e. The van der Waals surface area contributed by atoms with Crippen LogP contribution in [-0.2, 0) is 13.1 Å². The first-order valence-corrected chi connectivity index (χ1v) is 15.1. The Morgan fingerprint density at radius 2 is 1.59 bits per heavy atom. The van der Waals surface area contributed by atoms with Crippen LogP contribution in [0, 0.1) is 5.92 Å². The van der Waals surface area contributed by atoms with Gasteiger partial charge in [0.2, 0.25) is 0 Å². The van der Waals surface area contributed by atoms with Crippen molar-refractivity contribution >= 4 is 17.2 Å². The van der Waals surface area contributed by atoms with Gasteiger partial charge < -0.3 is 14.8 Å². The number of carbonyl (C=O) groups is 1. The zero-order valence-electron chi connectivity index (χ0n) is 24.5. The molecule has 0 radical (unpaired) electrons. The second-order valence-electron chi connectivity index (χ2n) is 10.6. The first-order valence-electron chi connectivity index (χ1n) is 14.2. The van der Waals surface area contributed by atoms with Crippen molar-refractivity contribution in [3.63, 3.8) is 0 Å². The number of nitrogens with one attached hydrogen (secondary N) is 1. The number of carbonyl (C=O) groups excluding carboxylic acids is 1. The Hall–Kier alpha value is -3.68. The van der Waals surface area contributed by atoms with Crippen molar-refractivity contribution in [1.82, 2.24) is 15.2 Å². The molecule has 0 unspecified atom stereocenters. The molecule has 0 atom stereocenters. The van der Waals surface area contributed by atoms with Crippen LogP contribution < -0.4 is 14.8 Å². The molecule has 1 aromatic heterocycles. The molecule has 0 aliphatic heterocycles. The first kappa shape index (κ1) is 30.3. The lowest BCUT2D eigenvalue weighted by atomic mass is 9.88. The summed E-state index contributed by atoms with van der Waals surface area (Å²) in [5.74, 6) is 2.25. The van der Waals surface area contributed by atoms with Crippen LogP contribution in [0.2, 0.25) is 0 Å². The molecular formula is C34H41N3O3S. The molecule has 0 fully saturated rings. The summed E-state index contributed by atoms with van der Waals surface area (Å²) in [7, 11) is 3.35. The van der Waals surface area contributed by atoms with Crippen LogP contribution in [-0.4, -0.2) is 43.1 Å². The highest BCUT2D eigenvalue weighted by molar-refractivity contribution is 7.09. The van der Waals surface area contributed by atoms with Gasteiger partial charge in [-0.05, 0) is 42.5 Å². The molecule has 4 aromatic rings. The van der Waals surface area contributed by atoms with Crippen LogP contribution in [0.5, 0.6) is 11.5 Å². The van der Waals surface area contributed by atoms with E-state index in [2.05, 4.69) is 90.8 Å². The minimum atomic E-state index is -0.107. The summed E-state index contributed by atoms with van der Waals surface area (Å²) in [6.45, 7) is 7.11. The second kappa shape index (κ2) is 15.4. The fourth-order valence-corrected chi connectivity index (χ4v) is 5.71. The number of ether oxygens (including phenoxy) is 2. The predicted molar refractivity (Wildman–Crippen MR) is 167 cm³/mol. The van der Waals surface area contributed by atoms with Gasteiger partial charge >= 0.3 is 0 Å². The number of hydrogen-bond donors (Lipinski definition) is 1. The van der Waals surface area contributed by atoms with Crippen LogP contribution in [0.4, 0.5) is 0 Å². The van der Waals surface area contributed by atoms with E-state index in [9.17, 15) is 4.79 Å². The Balaban J connectivity index is 1.55. The number of thiazole rings is 1. The van der Waals surface area contributed by atoms with Crippen molar-refractivity contribution in [2.45, 2.75) is 45.7 Å². The largest absolute Gasteiger partial charge is 0.497 e. The van der Waals surface area contributed by atoms with Gasteiger partial charge in [-0.2, -0.15) is 0 Å². The van der Waals surface area contributed by atoms with Crippen molar-refractivity contribution in [3.8, 4) is 11.5 Å². The molecule has 0 saturated carbocycles. The van der Waals surface area contributed by atoms with Crippen molar-refractivity contribution in [3.05, 3.63) is 112 Å². The minimum absolute atomic E-state index is 0.107. The number of benzene rings is 3. The number of amides is 1. The maximum atomic E-state index is 12.7. The molecule has 1 amide bonds. The molecule has 3 aromatic carbocycles. The van der Waals surface area contributed by atoms with Gasteiger partial charge in [-0.25, -0.2) is 4.98 Å². The van der Waals surface area contributed by atoms with Crippen LogP contribution >= 0.6 is 11.3 Å². The van der Waals surface area contributed by atoms with E-state index in [0.717, 1.165) is 41.5 Å². The number of rotatable bonds is 15. The zero-order chi connectivity index (χ0) is 29.0. The molecule has 41 heavy (non-hydrogen) atoms. The second-order valence-corrected chi connectivity index (χ2v) is 11.6. The standard InChI is InChI=1S/C34H41N3O3S/c1-25(2)17-19-35-34(38)31-24-41-33(36-31)23-37(22-28-15-16-29(39-3)21-32(28)40-4)20-18-30(26-11-7-5-8-12-26)27-13-9-6-10-14-27/h5-16,21,24-25,30H,17-20,22-23H2,1-4H3,(H,35,38). The van der Waals surface area contributed by atoms with Gasteiger partial charge in [0.15, 0.2) is 0 Å². The van der Waals surface area contributed by atoms with Gasteiger partial charge in [0, 0.05) is 36.0 Å². The molecule has 6 nitrogen and oxygen atoms in total. The van der Waals surface area contributed by atoms with Crippen molar-refractivity contribution in [1.29, 1.82) is 0 Å².